The zero-order valence-corrected chi connectivity index (χ0v) is 12.8. The van der Waals surface area contributed by atoms with Gasteiger partial charge in [-0.05, 0) is 50.6 Å². The molecule has 106 valence electrons. The van der Waals surface area contributed by atoms with Gasteiger partial charge in [0.1, 0.15) is 11.3 Å². The van der Waals surface area contributed by atoms with Gasteiger partial charge in [-0.1, -0.05) is 12.1 Å². The third-order valence-electron chi connectivity index (χ3n) is 3.78. The molecule has 0 saturated carbocycles. The van der Waals surface area contributed by atoms with Crippen molar-refractivity contribution in [3.05, 3.63) is 29.8 Å². The molecule has 3 nitrogen and oxygen atoms in total. The molecule has 2 aromatic rings. The Balaban J connectivity index is 1.95. The lowest BCUT2D eigenvalue weighted by atomic mass is 10.1. The quantitative estimate of drug-likeness (QED) is 0.938. The molecule has 1 aromatic heterocycles. The first kappa shape index (κ1) is 13.7. The van der Waals surface area contributed by atoms with Gasteiger partial charge in [0.25, 0.3) is 0 Å². The molecule has 1 aromatic carbocycles. The Morgan fingerprint density at radius 3 is 2.85 bits per heavy atom. The number of aromatic nitrogens is 1. The minimum absolute atomic E-state index is 0.676. The zero-order valence-electron chi connectivity index (χ0n) is 12.0. The van der Waals surface area contributed by atoms with Crippen LogP contribution in [-0.2, 0) is 0 Å². The summed E-state index contributed by atoms with van der Waals surface area (Å²) < 4.78 is 5.45. The van der Waals surface area contributed by atoms with Crippen molar-refractivity contribution in [2.24, 2.45) is 0 Å². The molecule has 1 N–H and O–H groups in total. The van der Waals surface area contributed by atoms with Gasteiger partial charge >= 0.3 is 0 Å². The molecular formula is C16H20N2OS. The van der Waals surface area contributed by atoms with Crippen LogP contribution in [0.15, 0.2) is 29.3 Å². The number of aryl methyl sites for hydroxylation is 1. The van der Waals surface area contributed by atoms with Crippen molar-refractivity contribution >= 4 is 22.7 Å². The molecule has 0 spiro atoms. The molecular weight excluding hydrogens is 268 g/mol. The fourth-order valence-corrected chi connectivity index (χ4v) is 3.87. The first-order valence-electron chi connectivity index (χ1n) is 7.09. The maximum absolute atomic E-state index is 5.45. The molecule has 4 heteroatoms. The number of nitrogens with one attached hydrogen (secondary N) is 1. The number of nitrogens with zero attached hydrogens (tertiary/aromatic N) is 1. The number of piperidine rings is 1. The lowest BCUT2D eigenvalue weighted by Crippen LogP contribution is -2.29. The summed E-state index contributed by atoms with van der Waals surface area (Å²) in [6.07, 6.45) is 2.44. The highest BCUT2D eigenvalue weighted by Gasteiger charge is 2.16. The van der Waals surface area contributed by atoms with E-state index in [0.29, 0.717) is 5.25 Å². The van der Waals surface area contributed by atoms with E-state index in [1.165, 1.54) is 23.8 Å². The number of methoxy groups -OCH3 is 1. The van der Waals surface area contributed by atoms with Crippen LogP contribution in [0.25, 0.3) is 10.9 Å². The molecule has 1 saturated heterocycles. The summed E-state index contributed by atoms with van der Waals surface area (Å²) in [5, 5.41) is 6.38. The van der Waals surface area contributed by atoms with Crippen LogP contribution in [0.2, 0.25) is 0 Å². The maximum atomic E-state index is 5.45. The first-order valence-corrected chi connectivity index (χ1v) is 7.97. The average Bonchev–Trinajstić information content (AvgIpc) is 2.48. The van der Waals surface area contributed by atoms with Crippen molar-refractivity contribution in [2.75, 3.05) is 20.2 Å². The van der Waals surface area contributed by atoms with E-state index in [2.05, 4.69) is 24.4 Å². The van der Waals surface area contributed by atoms with Crippen molar-refractivity contribution in [3.8, 4) is 5.75 Å². The number of pyridine rings is 1. The number of rotatable bonds is 3. The molecule has 0 amide bonds. The normalized spacial score (nSPS) is 16.5. The van der Waals surface area contributed by atoms with Gasteiger partial charge < -0.3 is 10.1 Å². The monoisotopic (exact) mass is 288 g/mol. The molecule has 1 aliphatic rings. The molecule has 0 unspecified atom stereocenters. The van der Waals surface area contributed by atoms with Crippen LogP contribution in [-0.4, -0.2) is 30.4 Å². The van der Waals surface area contributed by atoms with Crippen LogP contribution in [0, 0.1) is 6.92 Å². The van der Waals surface area contributed by atoms with Crippen LogP contribution in [0.4, 0.5) is 0 Å². The van der Waals surface area contributed by atoms with E-state index in [4.69, 9.17) is 9.72 Å². The minimum Gasteiger partial charge on any atom is -0.494 e. The summed E-state index contributed by atoms with van der Waals surface area (Å²) in [5.41, 5.74) is 2.25. The molecule has 1 aliphatic heterocycles. The third-order valence-corrected chi connectivity index (χ3v) is 5.03. The van der Waals surface area contributed by atoms with E-state index in [9.17, 15) is 0 Å². The van der Waals surface area contributed by atoms with Crippen LogP contribution in [0.5, 0.6) is 5.75 Å². The highest BCUT2D eigenvalue weighted by molar-refractivity contribution is 7.99. The fourth-order valence-electron chi connectivity index (χ4n) is 2.67. The standard InChI is InChI=1S/C16H20N2OS/c1-11-10-15(20-12-6-8-17-9-7-12)18-16-13(11)4-3-5-14(16)19-2/h3-5,10,12,17H,6-9H2,1-2H3. The molecule has 0 bridgehead atoms. The number of para-hydroxylation sites is 1. The summed E-state index contributed by atoms with van der Waals surface area (Å²) in [5.74, 6) is 0.860. The average molecular weight is 288 g/mol. The predicted octanol–water partition coefficient (Wildman–Crippen LogP) is 3.40. The summed E-state index contributed by atoms with van der Waals surface area (Å²) in [6.45, 7) is 4.39. The van der Waals surface area contributed by atoms with E-state index >= 15 is 0 Å². The summed E-state index contributed by atoms with van der Waals surface area (Å²) >= 11 is 1.91. The van der Waals surface area contributed by atoms with Crippen LogP contribution >= 0.6 is 11.8 Å². The SMILES string of the molecule is COc1cccc2c(C)cc(SC3CCNCC3)nc12. The van der Waals surface area contributed by atoms with Crippen molar-refractivity contribution < 1.29 is 4.74 Å². The lowest BCUT2D eigenvalue weighted by molar-refractivity contribution is 0.418. The Labute approximate surface area is 124 Å². The number of hydrogen-bond acceptors (Lipinski definition) is 4. The van der Waals surface area contributed by atoms with Crippen molar-refractivity contribution in [1.82, 2.24) is 10.3 Å². The zero-order chi connectivity index (χ0) is 13.9. The van der Waals surface area contributed by atoms with Crippen LogP contribution in [0.3, 0.4) is 0 Å². The van der Waals surface area contributed by atoms with E-state index in [0.717, 1.165) is 29.4 Å². The van der Waals surface area contributed by atoms with Gasteiger partial charge in [0.2, 0.25) is 0 Å². The number of fused-ring (bicyclic) bond motifs is 1. The van der Waals surface area contributed by atoms with Gasteiger partial charge in [0.15, 0.2) is 0 Å². The molecule has 20 heavy (non-hydrogen) atoms. The predicted molar refractivity (Wildman–Crippen MR) is 84.8 cm³/mol. The molecule has 2 heterocycles. The maximum Gasteiger partial charge on any atom is 0.145 e. The largest absolute Gasteiger partial charge is 0.494 e. The number of benzene rings is 1. The number of hydrogen-bond donors (Lipinski definition) is 1. The Hall–Kier alpha value is -1.26. The molecule has 1 fully saturated rings. The summed E-state index contributed by atoms with van der Waals surface area (Å²) in [4.78, 5) is 4.82. The molecule has 0 radical (unpaired) electrons. The smallest absolute Gasteiger partial charge is 0.145 e. The van der Waals surface area contributed by atoms with E-state index in [1.54, 1.807) is 7.11 Å². The summed E-state index contributed by atoms with van der Waals surface area (Å²) in [6, 6.07) is 8.32. The van der Waals surface area contributed by atoms with Crippen molar-refractivity contribution in [3.63, 3.8) is 0 Å². The minimum atomic E-state index is 0.676. The summed E-state index contributed by atoms with van der Waals surface area (Å²) in [7, 11) is 1.71. The Bertz CT molecular complexity index is 609. The van der Waals surface area contributed by atoms with Crippen LogP contribution < -0.4 is 10.1 Å². The van der Waals surface area contributed by atoms with Gasteiger partial charge in [0.05, 0.1) is 12.1 Å². The van der Waals surface area contributed by atoms with E-state index in [-0.39, 0.29) is 0 Å². The van der Waals surface area contributed by atoms with Crippen LogP contribution in [0.1, 0.15) is 18.4 Å². The third kappa shape index (κ3) is 2.76. The molecule has 0 atom stereocenters. The lowest BCUT2D eigenvalue weighted by Gasteiger charge is -2.22. The Kier molecular flexibility index (Phi) is 4.13. The second-order valence-electron chi connectivity index (χ2n) is 5.20. The van der Waals surface area contributed by atoms with Gasteiger partial charge in [-0.15, -0.1) is 11.8 Å². The van der Waals surface area contributed by atoms with Gasteiger partial charge in [-0.25, -0.2) is 4.98 Å². The second kappa shape index (κ2) is 6.02. The number of thioether (sulfide) groups is 1. The fraction of sp³-hybridized carbons (Fsp3) is 0.438. The Morgan fingerprint density at radius 1 is 1.30 bits per heavy atom. The van der Waals surface area contributed by atoms with Gasteiger partial charge in [-0.3, -0.25) is 0 Å². The van der Waals surface area contributed by atoms with Crippen molar-refractivity contribution in [1.29, 1.82) is 0 Å². The number of ether oxygens (including phenoxy) is 1. The molecule has 0 aliphatic carbocycles. The highest BCUT2D eigenvalue weighted by atomic mass is 32.2. The molecule has 3 rings (SSSR count). The van der Waals surface area contributed by atoms with Gasteiger partial charge in [-0.2, -0.15) is 0 Å². The van der Waals surface area contributed by atoms with E-state index in [1.807, 2.05) is 23.9 Å². The first-order chi connectivity index (χ1) is 9.78. The second-order valence-corrected chi connectivity index (χ2v) is 6.52. The van der Waals surface area contributed by atoms with E-state index < -0.39 is 0 Å². The van der Waals surface area contributed by atoms with Crippen molar-refractivity contribution in [2.45, 2.75) is 30.0 Å². The highest BCUT2D eigenvalue weighted by Crippen LogP contribution is 2.33. The van der Waals surface area contributed by atoms with Gasteiger partial charge in [0, 0.05) is 10.6 Å². The Morgan fingerprint density at radius 2 is 2.10 bits per heavy atom. The topological polar surface area (TPSA) is 34.1 Å².